The minimum Gasteiger partial charge on any atom is -0.271 e. The van der Waals surface area contributed by atoms with E-state index in [1.54, 1.807) is 6.07 Å². The van der Waals surface area contributed by atoms with Crippen molar-refractivity contribution in [1.82, 2.24) is 5.43 Å². The third-order valence-electron chi connectivity index (χ3n) is 3.59. The maximum atomic E-state index is 14.0. The zero-order chi connectivity index (χ0) is 14.0. The summed E-state index contributed by atoms with van der Waals surface area (Å²) in [7, 11) is 0. The van der Waals surface area contributed by atoms with E-state index in [0.29, 0.717) is 5.56 Å². The summed E-state index contributed by atoms with van der Waals surface area (Å²) in [4.78, 5) is 0. The number of aryl methyl sites for hydroxylation is 2. The summed E-state index contributed by atoms with van der Waals surface area (Å²) < 4.78 is 14.0. The van der Waals surface area contributed by atoms with Gasteiger partial charge in [-0.25, -0.2) is 9.82 Å². The first kappa shape index (κ1) is 13.7. The molecule has 19 heavy (non-hydrogen) atoms. The highest BCUT2D eigenvalue weighted by atomic mass is 19.1. The topological polar surface area (TPSA) is 38.0 Å². The van der Waals surface area contributed by atoms with Gasteiger partial charge in [-0.2, -0.15) is 0 Å². The Kier molecular flexibility index (Phi) is 3.98. The van der Waals surface area contributed by atoms with Gasteiger partial charge in [0.1, 0.15) is 5.82 Å². The molecule has 3 heteroatoms. The summed E-state index contributed by atoms with van der Waals surface area (Å²) in [6.07, 6.45) is 0. The van der Waals surface area contributed by atoms with Crippen LogP contribution in [0.3, 0.4) is 0 Å². The van der Waals surface area contributed by atoms with Gasteiger partial charge in [-0.05, 0) is 43.5 Å². The van der Waals surface area contributed by atoms with E-state index in [2.05, 4.69) is 5.43 Å². The van der Waals surface area contributed by atoms with E-state index in [0.717, 1.165) is 16.7 Å². The third-order valence-corrected chi connectivity index (χ3v) is 3.59. The highest BCUT2D eigenvalue weighted by Crippen LogP contribution is 2.28. The maximum Gasteiger partial charge on any atom is 0.128 e. The molecule has 2 aromatic carbocycles. The van der Waals surface area contributed by atoms with Crippen molar-refractivity contribution in [3.05, 3.63) is 70.0 Å². The predicted octanol–water partition coefficient (Wildman–Crippen LogP) is 3.30. The van der Waals surface area contributed by atoms with Gasteiger partial charge in [0, 0.05) is 5.56 Å². The molecule has 2 rings (SSSR count). The van der Waals surface area contributed by atoms with Crippen molar-refractivity contribution in [1.29, 1.82) is 0 Å². The molecule has 0 saturated carbocycles. The SMILES string of the molecule is Cc1ccc(F)c(C(NN)c2cccc(C)c2C)c1. The Bertz CT molecular complexity index is 591. The Morgan fingerprint density at radius 2 is 1.79 bits per heavy atom. The number of hydrogen-bond donors (Lipinski definition) is 2. The van der Waals surface area contributed by atoms with E-state index in [1.165, 1.54) is 11.6 Å². The van der Waals surface area contributed by atoms with E-state index in [1.807, 2.05) is 45.0 Å². The average Bonchev–Trinajstić information content (AvgIpc) is 2.39. The Morgan fingerprint density at radius 3 is 2.47 bits per heavy atom. The number of benzene rings is 2. The van der Waals surface area contributed by atoms with Crippen LogP contribution in [0.5, 0.6) is 0 Å². The fourth-order valence-corrected chi connectivity index (χ4v) is 2.32. The number of nitrogens with two attached hydrogens (primary N) is 1. The second-order valence-electron chi connectivity index (χ2n) is 4.91. The van der Waals surface area contributed by atoms with Crippen LogP contribution >= 0.6 is 0 Å². The van der Waals surface area contributed by atoms with Crippen LogP contribution < -0.4 is 11.3 Å². The Hall–Kier alpha value is -1.71. The number of hydrazine groups is 1. The maximum absolute atomic E-state index is 14.0. The Morgan fingerprint density at radius 1 is 1.05 bits per heavy atom. The minimum absolute atomic E-state index is 0.241. The monoisotopic (exact) mass is 258 g/mol. The van der Waals surface area contributed by atoms with Crippen LogP contribution in [0, 0.1) is 26.6 Å². The summed E-state index contributed by atoms with van der Waals surface area (Å²) in [6, 6.07) is 10.7. The van der Waals surface area contributed by atoms with Gasteiger partial charge in [-0.15, -0.1) is 0 Å². The largest absolute Gasteiger partial charge is 0.271 e. The zero-order valence-electron chi connectivity index (χ0n) is 11.5. The second kappa shape index (κ2) is 5.51. The van der Waals surface area contributed by atoms with E-state index >= 15 is 0 Å². The van der Waals surface area contributed by atoms with E-state index in [-0.39, 0.29) is 11.9 Å². The van der Waals surface area contributed by atoms with E-state index < -0.39 is 0 Å². The number of nitrogens with one attached hydrogen (secondary N) is 1. The van der Waals surface area contributed by atoms with Gasteiger partial charge in [0.15, 0.2) is 0 Å². The fourth-order valence-electron chi connectivity index (χ4n) is 2.32. The van der Waals surface area contributed by atoms with Crippen molar-refractivity contribution in [2.45, 2.75) is 26.8 Å². The van der Waals surface area contributed by atoms with Crippen LogP contribution in [0.2, 0.25) is 0 Å². The van der Waals surface area contributed by atoms with E-state index in [9.17, 15) is 4.39 Å². The van der Waals surface area contributed by atoms with Gasteiger partial charge < -0.3 is 0 Å². The second-order valence-corrected chi connectivity index (χ2v) is 4.91. The molecule has 0 fully saturated rings. The summed E-state index contributed by atoms with van der Waals surface area (Å²) in [5.74, 6) is 5.42. The highest BCUT2D eigenvalue weighted by Gasteiger charge is 2.18. The summed E-state index contributed by atoms with van der Waals surface area (Å²) >= 11 is 0. The van der Waals surface area contributed by atoms with Gasteiger partial charge in [-0.3, -0.25) is 5.84 Å². The van der Waals surface area contributed by atoms with Gasteiger partial charge in [0.25, 0.3) is 0 Å². The number of rotatable bonds is 3. The molecular formula is C16H19FN2. The lowest BCUT2D eigenvalue weighted by Gasteiger charge is -2.21. The molecule has 1 atom stereocenters. The quantitative estimate of drug-likeness (QED) is 0.655. The first-order valence-corrected chi connectivity index (χ1v) is 6.33. The smallest absolute Gasteiger partial charge is 0.128 e. The standard InChI is InChI=1S/C16H19FN2/c1-10-7-8-15(17)14(9-10)16(19-18)13-6-4-5-11(2)12(13)3/h4-9,16,19H,18H2,1-3H3. The van der Waals surface area contributed by atoms with Gasteiger partial charge in [0.05, 0.1) is 6.04 Å². The molecule has 0 aliphatic carbocycles. The van der Waals surface area contributed by atoms with Gasteiger partial charge in [-0.1, -0.05) is 35.9 Å². The highest BCUT2D eigenvalue weighted by molar-refractivity contribution is 5.41. The molecule has 2 nitrogen and oxygen atoms in total. The Labute approximate surface area is 113 Å². The van der Waals surface area contributed by atoms with Crippen molar-refractivity contribution in [3.63, 3.8) is 0 Å². The van der Waals surface area contributed by atoms with Crippen LogP contribution in [0.15, 0.2) is 36.4 Å². The van der Waals surface area contributed by atoms with Crippen LogP contribution in [-0.2, 0) is 0 Å². The molecule has 0 spiro atoms. The molecule has 0 aromatic heterocycles. The molecule has 0 saturated heterocycles. The molecule has 3 N–H and O–H groups in total. The fraction of sp³-hybridized carbons (Fsp3) is 0.250. The molecule has 1 unspecified atom stereocenters. The minimum atomic E-state index is -0.334. The first-order valence-electron chi connectivity index (χ1n) is 6.33. The lowest BCUT2D eigenvalue weighted by molar-refractivity contribution is 0.558. The number of hydrogen-bond acceptors (Lipinski definition) is 2. The Balaban J connectivity index is 2.56. The van der Waals surface area contributed by atoms with Crippen LogP contribution in [0.25, 0.3) is 0 Å². The summed E-state index contributed by atoms with van der Waals surface area (Å²) in [6.45, 7) is 6.02. The van der Waals surface area contributed by atoms with Crippen molar-refractivity contribution < 1.29 is 4.39 Å². The lowest BCUT2D eigenvalue weighted by Crippen LogP contribution is -2.30. The molecular weight excluding hydrogens is 239 g/mol. The number of halogens is 1. The molecule has 2 aromatic rings. The molecule has 0 radical (unpaired) electrons. The predicted molar refractivity (Wildman–Crippen MR) is 76.2 cm³/mol. The summed E-state index contributed by atoms with van der Waals surface area (Å²) in [5, 5.41) is 0. The molecule has 0 aliphatic heterocycles. The normalized spacial score (nSPS) is 12.5. The van der Waals surface area contributed by atoms with Crippen molar-refractivity contribution in [2.75, 3.05) is 0 Å². The van der Waals surface area contributed by atoms with Gasteiger partial charge >= 0.3 is 0 Å². The van der Waals surface area contributed by atoms with Gasteiger partial charge in [0.2, 0.25) is 0 Å². The van der Waals surface area contributed by atoms with Crippen LogP contribution in [0.4, 0.5) is 4.39 Å². The summed E-state index contributed by atoms with van der Waals surface area (Å²) in [5.41, 5.74) is 7.64. The molecule has 0 amide bonds. The molecule has 0 aliphatic rings. The molecule has 0 bridgehead atoms. The van der Waals surface area contributed by atoms with E-state index in [4.69, 9.17) is 5.84 Å². The molecule has 100 valence electrons. The van der Waals surface area contributed by atoms with Crippen molar-refractivity contribution >= 4 is 0 Å². The van der Waals surface area contributed by atoms with Crippen LogP contribution in [-0.4, -0.2) is 0 Å². The van der Waals surface area contributed by atoms with Crippen molar-refractivity contribution in [2.24, 2.45) is 5.84 Å². The van der Waals surface area contributed by atoms with Crippen molar-refractivity contribution in [3.8, 4) is 0 Å². The lowest BCUT2D eigenvalue weighted by atomic mass is 9.92. The zero-order valence-corrected chi connectivity index (χ0v) is 11.5. The third kappa shape index (κ3) is 2.67. The first-order chi connectivity index (χ1) is 9.04. The average molecular weight is 258 g/mol. The van der Waals surface area contributed by atoms with Crippen LogP contribution in [0.1, 0.15) is 33.9 Å². The molecule has 0 heterocycles.